The first-order valence-corrected chi connectivity index (χ1v) is 11.0. The molecule has 0 saturated heterocycles. The maximum atomic E-state index is 12.7. The Kier molecular flexibility index (Phi) is 9.76. The van der Waals surface area contributed by atoms with Crippen LogP contribution in [0.25, 0.3) is 0 Å². The molecule has 0 aliphatic heterocycles. The van der Waals surface area contributed by atoms with Crippen molar-refractivity contribution in [2.45, 2.75) is 39.0 Å². The monoisotopic (exact) mass is 399 g/mol. The number of nitrogens with zero attached hydrogens (tertiary/aromatic N) is 2. The van der Waals surface area contributed by atoms with E-state index in [0.717, 1.165) is 26.1 Å². The highest BCUT2D eigenvalue weighted by atomic mass is 32.2. The van der Waals surface area contributed by atoms with Crippen LogP contribution < -0.4 is 10.1 Å². The molecule has 0 unspecified atom stereocenters. The Labute approximate surface area is 163 Å². The summed E-state index contributed by atoms with van der Waals surface area (Å²) in [5.41, 5.74) is 0.230. The summed E-state index contributed by atoms with van der Waals surface area (Å²) in [6.45, 7) is 11.9. The Morgan fingerprint density at radius 1 is 1.07 bits per heavy atom. The first-order chi connectivity index (χ1) is 12.8. The molecular weight excluding hydrogens is 366 g/mol. The van der Waals surface area contributed by atoms with Gasteiger partial charge in [-0.05, 0) is 44.3 Å². The molecule has 1 aromatic carbocycles. The van der Waals surface area contributed by atoms with Gasteiger partial charge in [-0.2, -0.15) is 4.31 Å². The molecular formula is C19H33N3O4S. The predicted molar refractivity (Wildman–Crippen MR) is 108 cm³/mol. The van der Waals surface area contributed by atoms with Crippen molar-refractivity contribution in [2.24, 2.45) is 0 Å². The molecule has 0 radical (unpaired) electrons. The minimum atomic E-state index is -3.63. The Morgan fingerprint density at radius 2 is 1.70 bits per heavy atom. The molecule has 0 aromatic heterocycles. The van der Waals surface area contributed by atoms with Gasteiger partial charge >= 0.3 is 0 Å². The van der Waals surface area contributed by atoms with E-state index in [2.05, 4.69) is 24.1 Å². The summed E-state index contributed by atoms with van der Waals surface area (Å²) < 4.78 is 32.0. The Balaban J connectivity index is 2.94. The Morgan fingerprint density at radius 3 is 2.22 bits per heavy atom. The average Bonchev–Trinajstić information content (AvgIpc) is 2.68. The van der Waals surface area contributed by atoms with E-state index in [9.17, 15) is 13.2 Å². The van der Waals surface area contributed by atoms with Gasteiger partial charge in [0.15, 0.2) is 0 Å². The summed E-state index contributed by atoms with van der Waals surface area (Å²) in [4.78, 5) is 15.0. The van der Waals surface area contributed by atoms with Crippen molar-refractivity contribution in [3.8, 4) is 5.75 Å². The number of sulfonamides is 1. The number of carbonyl (C=O) groups excluding carboxylic acids is 1. The maximum absolute atomic E-state index is 12.7. The molecule has 0 heterocycles. The second-order valence-corrected chi connectivity index (χ2v) is 8.03. The lowest BCUT2D eigenvalue weighted by atomic mass is 10.2. The molecule has 1 N–H and O–H groups in total. The minimum Gasteiger partial charge on any atom is -0.496 e. The minimum absolute atomic E-state index is 0.0975. The lowest BCUT2D eigenvalue weighted by molar-refractivity contribution is 0.0948. The number of carbonyl (C=O) groups is 1. The van der Waals surface area contributed by atoms with Gasteiger partial charge in [0.05, 0.1) is 17.6 Å². The lowest BCUT2D eigenvalue weighted by Gasteiger charge is -2.20. The van der Waals surface area contributed by atoms with E-state index in [1.807, 2.05) is 0 Å². The van der Waals surface area contributed by atoms with E-state index < -0.39 is 10.0 Å². The van der Waals surface area contributed by atoms with Crippen LogP contribution in [0.4, 0.5) is 0 Å². The number of amides is 1. The fourth-order valence-electron chi connectivity index (χ4n) is 2.88. The van der Waals surface area contributed by atoms with Gasteiger partial charge in [0.1, 0.15) is 5.75 Å². The molecule has 7 nitrogen and oxygen atoms in total. The average molecular weight is 400 g/mol. The number of methoxy groups -OCH3 is 1. The van der Waals surface area contributed by atoms with Crippen LogP contribution in [0.2, 0.25) is 0 Å². The standard InChI is InChI=1S/C19H33N3O4S/c1-6-21(7-2)14-10-13-20-19(23)17-15-16(11-12-18(17)26-5)27(24,25)22(8-3)9-4/h11-12,15H,6-10,13-14H2,1-5H3,(H,20,23). The van der Waals surface area contributed by atoms with Crippen LogP contribution in [-0.2, 0) is 10.0 Å². The summed E-state index contributed by atoms with van der Waals surface area (Å²) in [5.74, 6) is 0.0257. The molecule has 0 aliphatic rings. The third-order valence-electron chi connectivity index (χ3n) is 4.59. The quantitative estimate of drug-likeness (QED) is 0.545. The highest BCUT2D eigenvalue weighted by Crippen LogP contribution is 2.24. The van der Waals surface area contributed by atoms with E-state index in [-0.39, 0.29) is 16.4 Å². The van der Waals surface area contributed by atoms with Crippen LogP contribution in [0.1, 0.15) is 44.5 Å². The second kappa shape index (κ2) is 11.3. The Hall–Kier alpha value is -1.64. The van der Waals surface area contributed by atoms with Crippen LogP contribution in [0.15, 0.2) is 23.1 Å². The number of rotatable bonds is 12. The summed E-state index contributed by atoms with van der Waals surface area (Å²) >= 11 is 0. The normalized spacial score (nSPS) is 11.8. The van der Waals surface area contributed by atoms with E-state index in [1.165, 1.54) is 29.6 Å². The molecule has 0 atom stereocenters. The molecule has 0 aliphatic carbocycles. The fourth-order valence-corrected chi connectivity index (χ4v) is 4.36. The number of ether oxygens (including phenoxy) is 1. The van der Waals surface area contributed by atoms with Crippen molar-refractivity contribution < 1.29 is 17.9 Å². The number of hydrogen-bond donors (Lipinski definition) is 1. The highest BCUT2D eigenvalue weighted by molar-refractivity contribution is 7.89. The largest absolute Gasteiger partial charge is 0.496 e. The molecule has 27 heavy (non-hydrogen) atoms. The van der Waals surface area contributed by atoms with Crippen molar-refractivity contribution >= 4 is 15.9 Å². The summed E-state index contributed by atoms with van der Waals surface area (Å²) in [5, 5.41) is 2.86. The smallest absolute Gasteiger partial charge is 0.255 e. The molecule has 0 fully saturated rings. The van der Waals surface area contributed by atoms with Gasteiger partial charge in [0.25, 0.3) is 5.91 Å². The van der Waals surface area contributed by atoms with Crippen molar-refractivity contribution in [2.75, 3.05) is 46.4 Å². The third-order valence-corrected chi connectivity index (χ3v) is 6.64. The van der Waals surface area contributed by atoms with Crippen LogP contribution in [0, 0.1) is 0 Å². The van der Waals surface area contributed by atoms with E-state index in [1.54, 1.807) is 13.8 Å². The van der Waals surface area contributed by atoms with Crippen LogP contribution in [0.3, 0.4) is 0 Å². The van der Waals surface area contributed by atoms with Crippen LogP contribution in [-0.4, -0.2) is 69.9 Å². The fraction of sp³-hybridized carbons (Fsp3) is 0.632. The summed E-state index contributed by atoms with van der Waals surface area (Å²) in [6.07, 6.45) is 0.827. The van der Waals surface area contributed by atoms with Crippen LogP contribution in [0.5, 0.6) is 5.75 Å². The van der Waals surface area contributed by atoms with Gasteiger partial charge in [0.2, 0.25) is 10.0 Å². The molecule has 154 valence electrons. The van der Waals surface area contributed by atoms with Gasteiger partial charge in [0, 0.05) is 19.6 Å². The van der Waals surface area contributed by atoms with E-state index in [4.69, 9.17) is 4.74 Å². The van der Waals surface area contributed by atoms with Gasteiger partial charge < -0.3 is 15.0 Å². The number of benzene rings is 1. The number of nitrogens with one attached hydrogen (secondary N) is 1. The first kappa shape index (κ1) is 23.4. The molecule has 1 amide bonds. The molecule has 8 heteroatoms. The van der Waals surface area contributed by atoms with Crippen LogP contribution >= 0.6 is 0 Å². The Bertz CT molecular complexity index is 699. The van der Waals surface area contributed by atoms with E-state index in [0.29, 0.717) is 25.4 Å². The predicted octanol–water partition coefficient (Wildman–Crippen LogP) is 2.19. The van der Waals surface area contributed by atoms with Crippen molar-refractivity contribution in [3.63, 3.8) is 0 Å². The molecule has 0 bridgehead atoms. The molecule has 1 rings (SSSR count). The van der Waals surface area contributed by atoms with Crippen molar-refractivity contribution in [3.05, 3.63) is 23.8 Å². The van der Waals surface area contributed by atoms with Crippen molar-refractivity contribution in [1.29, 1.82) is 0 Å². The van der Waals surface area contributed by atoms with Gasteiger partial charge in [-0.3, -0.25) is 4.79 Å². The topological polar surface area (TPSA) is 79.0 Å². The van der Waals surface area contributed by atoms with E-state index >= 15 is 0 Å². The highest BCUT2D eigenvalue weighted by Gasteiger charge is 2.24. The van der Waals surface area contributed by atoms with Gasteiger partial charge in [-0.1, -0.05) is 27.7 Å². The molecule has 1 aromatic rings. The molecule has 0 spiro atoms. The van der Waals surface area contributed by atoms with Crippen molar-refractivity contribution in [1.82, 2.24) is 14.5 Å². The van der Waals surface area contributed by atoms with Gasteiger partial charge in [-0.15, -0.1) is 0 Å². The zero-order chi connectivity index (χ0) is 20.4. The van der Waals surface area contributed by atoms with Gasteiger partial charge in [-0.25, -0.2) is 8.42 Å². The molecule has 0 saturated carbocycles. The summed E-state index contributed by atoms with van der Waals surface area (Å²) in [7, 11) is -2.17. The SMILES string of the molecule is CCN(CC)CCCNC(=O)c1cc(S(=O)(=O)N(CC)CC)ccc1OC. The zero-order valence-electron chi connectivity index (χ0n) is 17.1. The zero-order valence-corrected chi connectivity index (χ0v) is 17.9. The number of hydrogen-bond acceptors (Lipinski definition) is 5. The maximum Gasteiger partial charge on any atom is 0.255 e. The second-order valence-electron chi connectivity index (χ2n) is 6.09. The third kappa shape index (κ3) is 6.19. The first-order valence-electron chi connectivity index (χ1n) is 9.54. The lowest BCUT2D eigenvalue weighted by Crippen LogP contribution is -2.32. The summed E-state index contributed by atoms with van der Waals surface area (Å²) in [6, 6.07) is 4.40.